The SMILES string of the molecule is CCc1nc(C)cc(N2CCC(c3nncn3C)CC2)n1. The van der Waals surface area contributed by atoms with E-state index in [2.05, 4.69) is 38.1 Å². The zero-order valence-corrected chi connectivity index (χ0v) is 13.0. The van der Waals surface area contributed by atoms with E-state index in [4.69, 9.17) is 0 Å². The number of hydrogen-bond acceptors (Lipinski definition) is 5. The monoisotopic (exact) mass is 286 g/mol. The highest BCUT2D eigenvalue weighted by molar-refractivity contribution is 5.40. The average Bonchev–Trinajstić information content (AvgIpc) is 2.93. The zero-order chi connectivity index (χ0) is 14.8. The third-order valence-electron chi connectivity index (χ3n) is 4.13. The minimum absolute atomic E-state index is 0.502. The Hall–Kier alpha value is -1.98. The smallest absolute Gasteiger partial charge is 0.135 e. The molecule has 1 aliphatic rings. The van der Waals surface area contributed by atoms with Crippen LogP contribution >= 0.6 is 0 Å². The Balaban J connectivity index is 1.71. The quantitative estimate of drug-likeness (QED) is 0.862. The minimum atomic E-state index is 0.502. The predicted molar refractivity (Wildman–Crippen MR) is 81.3 cm³/mol. The third kappa shape index (κ3) is 2.89. The van der Waals surface area contributed by atoms with E-state index in [-0.39, 0.29) is 0 Å². The first-order chi connectivity index (χ1) is 10.2. The summed E-state index contributed by atoms with van der Waals surface area (Å²) in [4.78, 5) is 11.5. The highest BCUT2D eigenvalue weighted by Gasteiger charge is 2.24. The molecular formula is C15H22N6. The molecule has 0 N–H and O–H groups in total. The van der Waals surface area contributed by atoms with Crippen LogP contribution in [0.4, 0.5) is 5.82 Å². The molecule has 6 heteroatoms. The fourth-order valence-electron chi connectivity index (χ4n) is 2.96. The van der Waals surface area contributed by atoms with E-state index >= 15 is 0 Å². The van der Waals surface area contributed by atoms with Crippen LogP contribution in [0.1, 0.15) is 43.0 Å². The molecule has 0 radical (unpaired) electrons. The molecule has 2 aromatic heterocycles. The number of aryl methyl sites for hydroxylation is 3. The van der Waals surface area contributed by atoms with E-state index in [1.54, 1.807) is 6.33 Å². The van der Waals surface area contributed by atoms with Crippen LogP contribution in [0.2, 0.25) is 0 Å². The Morgan fingerprint density at radius 2 is 2.00 bits per heavy atom. The summed E-state index contributed by atoms with van der Waals surface area (Å²) in [5.41, 5.74) is 1.05. The van der Waals surface area contributed by atoms with Gasteiger partial charge in [-0.05, 0) is 19.8 Å². The van der Waals surface area contributed by atoms with E-state index < -0.39 is 0 Å². The van der Waals surface area contributed by atoms with Gasteiger partial charge in [0, 0.05) is 44.2 Å². The molecule has 0 bridgehead atoms. The van der Waals surface area contributed by atoms with Crippen molar-refractivity contribution < 1.29 is 0 Å². The van der Waals surface area contributed by atoms with Crippen LogP contribution in [-0.4, -0.2) is 37.8 Å². The van der Waals surface area contributed by atoms with Crippen LogP contribution in [-0.2, 0) is 13.5 Å². The van der Waals surface area contributed by atoms with E-state index in [1.165, 1.54) is 0 Å². The molecule has 2 aromatic rings. The largest absolute Gasteiger partial charge is 0.356 e. The number of piperidine rings is 1. The van der Waals surface area contributed by atoms with Gasteiger partial charge in [0.2, 0.25) is 0 Å². The number of rotatable bonds is 3. The van der Waals surface area contributed by atoms with E-state index in [0.29, 0.717) is 5.92 Å². The summed E-state index contributed by atoms with van der Waals surface area (Å²) >= 11 is 0. The fourth-order valence-corrected chi connectivity index (χ4v) is 2.96. The lowest BCUT2D eigenvalue weighted by molar-refractivity contribution is 0.471. The van der Waals surface area contributed by atoms with Gasteiger partial charge in [-0.25, -0.2) is 9.97 Å². The molecule has 0 saturated carbocycles. The van der Waals surface area contributed by atoms with Crippen molar-refractivity contribution in [1.29, 1.82) is 0 Å². The molecule has 0 spiro atoms. The molecule has 0 aromatic carbocycles. The summed E-state index contributed by atoms with van der Waals surface area (Å²) in [6.07, 6.45) is 4.85. The number of nitrogens with zero attached hydrogens (tertiary/aromatic N) is 6. The van der Waals surface area contributed by atoms with Crippen LogP contribution in [0.5, 0.6) is 0 Å². The summed E-state index contributed by atoms with van der Waals surface area (Å²) in [7, 11) is 2.02. The van der Waals surface area contributed by atoms with Gasteiger partial charge in [-0.2, -0.15) is 0 Å². The Morgan fingerprint density at radius 1 is 1.24 bits per heavy atom. The predicted octanol–water partition coefficient (Wildman–Crippen LogP) is 1.86. The maximum Gasteiger partial charge on any atom is 0.135 e. The second kappa shape index (κ2) is 5.79. The van der Waals surface area contributed by atoms with Crippen LogP contribution in [0, 0.1) is 6.92 Å². The van der Waals surface area contributed by atoms with Gasteiger partial charge in [-0.15, -0.1) is 10.2 Å². The highest BCUT2D eigenvalue weighted by atomic mass is 15.3. The van der Waals surface area contributed by atoms with Gasteiger partial charge < -0.3 is 9.47 Å². The van der Waals surface area contributed by atoms with Crippen molar-refractivity contribution >= 4 is 5.82 Å². The molecule has 0 unspecified atom stereocenters. The summed E-state index contributed by atoms with van der Waals surface area (Å²) in [5.74, 6) is 3.60. The van der Waals surface area contributed by atoms with E-state index in [1.807, 2.05) is 18.5 Å². The van der Waals surface area contributed by atoms with Crippen molar-refractivity contribution in [2.75, 3.05) is 18.0 Å². The molecule has 3 heterocycles. The molecule has 1 fully saturated rings. The molecule has 6 nitrogen and oxygen atoms in total. The molecular weight excluding hydrogens is 264 g/mol. The van der Waals surface area contributed by atoms with Crippen molar-refractivity contribution in [1.82, 2.24) is 24.7 Å². The van der Waals surface area contributed by atoms with Crippen molar-refractivity contribution in [2.24, 2.45) is 7.05 Å². The number of aromatic nitrogens is 5. The Morgan fingerprint density at radius 3 is 2.62 bits per heavy atom. The second-order valence-electron chi connectivity index (χ2n) is 5.70. The Bertz CT molecular complexity index is 612. The van der Waals surface area contributed by atoms with Crippen LogP contribution in [0.3, 0.4) is 0 Å². The van der Waals surface area contributed by atoms with Crippen LogP contribution in [0.15, 0.2) is 12.4 Å². The number of anilines is 1. The third-order valence-corrected chi connectivity index (χ3v) is 4.13. The van der Waals surface area contributed by atoms with Gasteiger partial charge in [0.1, 0.15) is 23.8 Å². The lowest BCUT2D eigenvalue weighted by atomic mass is 9.96. The van der Waals surface area contributed by atoms with Gasteiger partial charge in [0.25, 0.3) is 0 Å². The molecule has 112 valence electrons. The lowest BCUT2D eigenvalue weighted by Gasteiger charge is -2.32. The molecule has 1 saturated heterocycles. The second-order valence-corrected chi connectivity index (χ2v) is 5.70. The lowest BCUT2D eigenvalue weighted by Crippen LogP contribution is -2.34. The first-order valence-corrected chi connectivity index (χ1v) is 7.60. The van der Waals surface area contributed by atoms with Crippen molar-refractivity contribution in [3.05, 3.63) is 29.7 Å². The van der Waals surface area contributed by atoms with Crippen molar-refractivity contribution in [3.63, 3.8) is 0 Å². The molecule has 0 atom stereocenters. The van der Waals surface area contributed by atoms with Crippen molar-refractivity contribution in [3.8, 4) is 0 Å². The van der Waals surface area contributed by atoms with Gasteiger partial charge in [0.15, 0.2) is 0 Å². The zero-order valence-electron chi connectivity index (χ0n) is 13.0. The first kappa shape index (κ1) is 14.0. The first-order valence-electron chi connectivity index (χ1n) is 7.60. The minimum Gasteiger partial charge on any atom is -0.356 e. The van der Waals surface area contributed by atoms with Crippen LogP contribution < -0.4 is 4.90 Å². The summed E-state index contributed by atoms with van der Waals surface area (Å²) in [5, 5.41) is 8.23. The topological polar surface area (TPSA) is 59.7 Å². The van der Waals surface area contributed by atoms with Gasteiger partial charge in [-0.3, -0.25) is 0 Å². The molecule has 3 rings (SSSR count). The Labute approximate surface area is 125 Å². The Kier molecular flexibility index (Phi) is 3.86. The van der Waals surface area contributed by atoms with Crippen molar-refractivity contribution in [2.45, 2.75) is 39.0 Å². The van der Waals surface area contributed by atoms with Gasteiger partial charge in [-0.1, -0.05) is 6.92 Å². The standard InChI is InChI=1S/C15H22N6/c1-4-13-17-11(2)9-14(18-13)21-7-5-12(6-8-21)15-19-16-10-20(15)3/h9-10,12H,4-8H2,1-3H3. The van der Waals surface area contributed by atoms with E-state index in [9.17, 15) is 0 Å². The molecule has 0 amide bonds. The van der Waals surface area contributed by atoms with Gasteiger partial charge >= 0.3 is 0 Å². The maximum atomic E-state index is 4.66. The van der Waals surface area contributed by atoms with E-state index in [0.717, 1.165) is 55.5 Å². The summed E-state index contributed by atoms with van der Waals surface area (Å²) in [6, 6.07) is 2.09. The number of hydrogen-bond donors (Lipinski definition) is 0. The molecule has 1 aliphatic heterocycles. The summed E-state index contributed by atoms with van der Waals surface area (Å²) in [6.45, 7) is 6.16. The normalized spacial score (nSPS) is 16.4. The fraction of sp³-hybridized carbons (Fsp3) is 0.600. The molecule has 21 heavy (non-hydrogen) atoms. The van der Waals surface area contributed by atoms with Gasteiger partial charge in [0.05, 0.1) is 0 Å². The maximum absolute atomic E-state index is 4.66. The van der Waals surface area contributed by atoms with Crippen LogP contribution in [0.25, 0.3) is 0 Å². The average molecular weight is 286 g/mol. The summed E-state index contributed by atoms with van der Waals surface area (Å²) < 4.78 is 2.03. The highest BCUT2D eigenvalue weighted by Crippen LogP contribution is 2.28. The molecule has 0 aliphatic carbocycles.